The Labute approximate surface area is 110 Å². The molecule has 0 aliphatic carbocycles. The summed E-state index contributed by atoms with van der Waals surface area (Å²) in [5, 5.41) is 2.53. The topological polar surface area (TPSA) is 64.3 Å². The van der Waals surface area contributed by atoms with Gasteiger partial charge in [0, 0.05) is 17.4 Å². The molecule has 0 radical (unpaired) electrons. The van der Waals surface area contributed by atoms with Crippen molar-refractivity contribution >= 4 is 17.3 Å². The van der Waals surface area contributed by atoms with E-state index in [9.17, 15) is 9.18 Å². The lowest BCUT2D eigenvalue weighted by Crippen LogP contribution is -2.20. The highest BCUT2D eigenvalue weighted by molar-refractivity contribution is 5.91. The standard InChI is InChI=1S/C14H13FN2O2/c15-10-3-1-5-12(7-10)17-14(18)9-19-13-6-2-4-11(16)8-13/h1-8H,9,16H2,(H,17,18). The quantitative estimate of drug-likeness (QED) is 0.830. The molecule has 0 heterocycles. The lowest BCUT2D eigenvalue weighted by Gasteiger charge is -2.08. The van der Waals surface area contributed by atoms with Crippen LogP contribution in [0.4, 0.5) is 15.8 Å². The highest BCUT2D eigenvalue weighted by Gasteiger charge is 2.04. The predicted molar refractivity (Wildman–Crippen MR) is 71.4 cm³/mol. The first-order valence-corrected chi connectivity index (χ1v) is 5.67. The van der Waals surface area contributed by atoms with Crippen molar-refractivity contribution in [2.45, 2.75) is 0 Å². The number of rotatable bonds is 4. The minimum absolute atomic E-state index is 0.167. The van der Waals surface area contributed by atoms with Gasteiger partial charge in [0.15, 0.2) is 6.61 Å². The van der Waals surface area contributed by atoms with E-state index in [1.165, 1.54) is 18.2 Å². The SMILES string of the molecule is Nc1cccc(OCC(=O)Nc2cccc(F)c2)c1. The van der Waals surface area contributed by atoms with Crippen LogP contribution in [0.25, 0.3) is 0 Å². The Morgan fingerprint density at radius 2 is 2.00 bits per heavy atom. The van der Waals surface area contributed by atoms with Gasteiger partial charge < -0.3 is 15.8 Å². The first kappa shape index (κ1) is 12.9. The Morgan fingerprint density at radius 3 is 2.74 bits per heavy atom. The molecule has 0 fully saturated rings. The van der Waals surface area contributed by atoms with E-state index in [4.69, 9.17) is 10.5 Å². The zero-order valence-electron chi connectivity index (χ0n) is 10.1. The second kappa shape index (κ2) is 5.86. The largest absolute Gasteiger partial charge is 0.484 e. The number of amides is 1. The monoisotopic (exact) mass is 260 g/mol. The van der Waals surface area contributed by atoms with Crippen LogP contribution in [-0.2, 0) is 4.79 Å². The molecule has 5 heteroatoms. The third-order valence-electron chi connectivity index (χ3n) is 2.34. The Bertz CT molecular complexity index is 587. The molecule has 4 nitrogen and oxygen atoms in total. The molecule has 0 aliphatic rings. The van der Waals surface area contributed by atoms with Crippen LogP contribution in [0.1, 0.15) is 0 Å². The third kappa shape index (κ3) is 3.99. The Hall–Kier alpha value is -2.56. The maximum absolute atomic E-state index is 12.9. The second-order valence-corrected chi connectivity index (χ2v) is 3.92. The minimum Gasteiger partial charge on any atom is -0.484 e. The molecule has 2 aromatic rings. The summed E-state index contributed by atoms with van der Waals surface area (Å²) in [5.41, 5.74) is 6.53. The zero-order valence-corrected chi connectivity index (χ0v) is 10.1. The second-order valence-electron chi connectivity index (χ2n) is 3.92. The maximum Gasteiger partial charge on any atom is 0.262 e. The van der Waals surface area contributed by atoms with Crippen molar-refractivity contribution in [2.75, 3.05) is 17.7 Å². The summed E-state index contributed by atoms with van der Waals surface area (Å²) in [7, 11) is 0. The molecule has 0 saturated carbocycles. The predicted octanol–water partition coefficient (Wildman–Crippen LogP) is 2.43. The Morgan fingerprint density at radius 1 is 1.21 bits per heavy atom. The summed E-state index contributed by atoms with van der Waals surface area (Å²) < 4.78 is 18.2. The van der Waals surface area contributed by atoms with Gasteiger partial charge >= 0.3 is 0 Å². The average Bonchev–Trinajstić information content (AvgIpc) is 2.36. The average molecular weight is 260 g/mol. The van der Waals surface area contributed by atoms with Gasteiger partial charge in [-0.1, -0.05) is 12.1 Å². The van der Waals surface area contributed by atoms with E-state index in [-0.39, 0.29) is 12.5 Å². The Kier molecular flexibility index (Phi) is 3.97. The normalized spacial score (nSPS) is 9.95. The summed E-state index contributed by atoms with van der Waals surface area (Å²) in [6.07, 6.45) is 0. The molecule has 19 heavy (non-hydrogen) atoms. The summed E-state index contributed by atoms with van der Waals surface area (Å²) in [6.45, 7) is -0.167. The molecule has 0 spiro atoms. The molecule has 0 aromatic heterocycles. The van der Waals surface area contributed by atoms with E-state index >= 15 is 0 Å². The van der Waals surface area contributed by atoms with Crippen molar-refractivity contribution in [1.82, 2.24) is 0 Å². The van der Waals surface area contributed by atoms with E-state index in [0.717, 1.165) is 0 Å². The van der Waals surface area contributed by atoms with Crippen LogP contribution in [0.15, 0.2) is 48.5 Å². The molecule has 98 valence electrons. The van der Waals surface area contributed by atoms with Crippen LogP contribution < -0.4 is 15.8 Å². The van der Waals surface area contributed by atoms with Crippen molar-refractivity contribution in [2.24, 2.45) is 0 Å². The molecular formula is C14H13FN2O2. The van der Waals surface area contributed by atoms with Crippen molar-refractivity contribution in [3.8, 4) is 5.75 Å². The van der Waals surface area contributed by atoms with Gasteiger partial charge in [-0.3, -0.25) is 4.79 Å². The lowest BCUT2D eigenvalue weighted by atomic mass is 10.3. The number of nitrogen functional groups attached to an aromatic ring is 1. The van der Waals surface area contributed by atoms with Crippen molar-refractivity contribution in [3.05, 3.63) is 54.3 Å². The molecule has 0 bridgehead atoms. The number of nitrogens with two attached hydrogens (primary N) is 1. The molecule has 0 atom stereocenters. The number of hydrogen-bond acceptors (Lipinski definition) is 3. The van der Waals surface area contributed by atoms with Gasteiger partial charge in [-0.15, -0.1) is 0 Å². The first-order valence-electron chi connectivity index (χ1n) is 5.67. The molecule has 0 aliphatic heterocycles. The minimum atomic E-state index is -0.408. The number of anilines is 2. The van der Waals surface area contributed by atoms with Crippen LogP contribution in [-0.4, -0.2) is 12.5 Å². The number of nitrogens with one attached hydrogen (secondary N) is 1. The molecule has 1 amide bonds. The summed E-state index contributed by atoms with van der Waals surface area (Å²) in [5.74, 6) is -0.267. The van der Waals surface area contributed by atoms with E-state index in [1.807, 2.05) is 0 Å². The number of halogens is 1. The van der Waals surface area contributed by atoms with Gasteiger partial charge in [-0.05, 0) is 30.3 Å². The van der Waals surface area contributed by atoms with Crippen LogP contribution in [0.5, 0.6) is 5.75 Å². The van der Waals surface area contributed by atoms with E-state index in [2.05, 4.69) is 5.32 Å². The summed E-state index contributed by atoms with van der Waals surface area (Å²) in [6, 6.07) is 12.4. The summed E-state index contributed by atoms with van der Waals surface area (Å²) in [4.78, 5) is 11.6. The molecule has 2 rings (SSSR count). The van der Waals surface area contributed by atoms with Crippen LogP contribution >= 0.6 is 0 Å². The molecule has 2 aromatic carbocycles. The van der Waals surface area contributed by atoms with Gasteiger partial charge in [-0.2, -0.15) is 0 Å². The fourth-order valence-electron chi connectivity index (χ4n) is 1.52. The third-order valence-corrected chi connectivity index (χ3v) is 2.34. The molecule has 3 N–H and O–H groups in total. The zero-order chi connectivity index (χ0) is 13.7. The van der Waals surface area contributed by atoms with Crippen LogP contribution in [0.2, 0.25) is 0 Å². The molecular weight excluding hydrogens is 247 g/mol. The highest BCUT2D eigenvalue weighted by atomic mass is 19.1. The van der Waals surface area contributed by atoms with Gasteiger partial charge in [-0.25, -0.2) is 4.39 Å². The van der Waals surface area contributed by atoms with E-state index in [1.54, 1.807) is 30.3 Å². The molecule has 0 unspecified atom stereocenters. The van der Waals surface area contributed by atoms with Gasteiger partial charge in [0.1, 0.15) is 11.6 Å². The highest BCUT2D eigenvalue weighted by Crippen LogP contribution is 2.14. The first-order chi connectivity index (χ1) is 9.13. The molecule has 0 saturated heterocycles. The summed E-state index contributed by atoms with van der Waals surface area (Å²) >= 11 is 0. The van der Waals surface area contributed by atoms with Crippen molar-refractivity contribution < 1.29 is 13.9 Å². The maximum atomic E-state index is 12.9. The number of carbonyl (C=O) groups excluding carboxylic acids is 1. The van der Waals surface area contributed by atoms with Gasteiger partial charge in [0.25, 0.3) is 5.91 Å². The van der Waals surface area contributed by atoms with E-state index < -0.39 is 5.82 Å². The number of carbonyl (C=O) groups is 1. The fraction of sp³-hybridized carbons (Fsp3) is 0.0714. The Balaban J connectivity index is 1.88. The van der Waals surface area contributed by atoms with Crippen molar-refractivity contribution in [3.63, 3.8) is 0 Å². The van der Waals surface area contributed by atoms with Crippen LogP contribution in [0.3, 0.4) is 0 Å². The smallest absolute Gasteiger partial charge is 0.262 e. The van der Waals surface area contributed by atoms with Crippen molar-refractivity contribution in [1.29, 1.82) is 0 Å². The van der Waals surface area contributed by atoms with E-state index in [0.29, 0.717) is 17.1 Å². The number of benzene rings is 2. The number of ether oxygens (including phenoxy) is 1. The lowest BCUT2D eigenvalue weighted by molar-refractivity contribution is -0.118. The van der Waals surface area contributed by atoms with Crippen LogP contribution in [0, 0.1) is 5.82 Å². The number of hydrogen-bond donors (Lipinski definition) is 2. The van der Waals surface area contributed by atoms with Gasteiger partial charge in [0.05, 0.1) is 0 Å². The fourth-order valence-corrected chi connectivity index (χ4v) is 1.52. The van der Waals surface area contributed by atoms with Gasteiger partial charge in [0.2, 0.25) is 0 Å².